The van der Waals surface area contributed by atoms with Gasteiger partial charge in [0.15, 0.2) is 0 Å². The molecule has 0 radical (unpaired) electrons. The van der Waals surface area contributed by atoms with Crippen LogP contribution in [0, 0.1) is 35.0 Å². The third-order valence-electron chi connectivity index (χ3n) is 13.2. The summed E-state index contributed by atoms with van der Waals surface area (Å²) in [6.45, 7) is 33.1. The summed E-state index contributed by atoms with van der Waals surface area (Å²) < 4.78 is 11.9. The monoisotopic (exact) mass is 921 g/mol. The van der Waals surface area contributed by atoms with E-state index in [1.165, 1.54) is 32.1 Å². The molecule has 0 aromatic carbocycles. The van der Waals surface area contributed by atoms with Gasteiger partial charge in [-0.3, -0.25) is 0 Å². The number of hydrogen-bond acceptors (Lipinski definition) is 2. The van der Waals surface area contributed by atoms with Gasteiger partial charge in [0, 0.05) is 25.2 Å². The molecule has 0 amide bonds. The predicted octanol–water partition coefficient (Wildman–Crippen LogP) is 20.5. The molecule has 0 saturated heterocycles. The van der Waals surface area contributed by atoms with Crippen LogP contribution in [0.3, 0.4) is 0 Å². The van der Waals surface area contributed by atoms with Crippen molar-refractivity contribution in [3.63, 3.8) is 0 Å². The highest BCUT2D eigenvalue weighted by Gasteiger charge is 2.54. The zero-order valence-electron chi connectivity index (χ0n) is 45.0. The van der Waals surface area contributed by atoms with E-state index in [-0.39, 0.29) is 5.41 Å². The van der Waals surface area contributed by atoms with Gasteiger partial charge in [-0.2, -0.15) is 0 Å². The van der Waals surface area contributed by atoms with Gasteiger partial charge in [-0.25, -0.2) is 0 Å². The Morgan fingerprint density at radius 2 is 0.985 bits per heavy atom. The third kappa shape index (κ3) is 29.4. The lowest BCUT2D eigenvalue weighted by Crippen LogP contribution is -2.51. The maximum atomic E-state index is 6.06. The van der Waals surface area contributed by atoms with Gasteiger partial charge in [0.25, 0.3) is 0 Å². The van der Waals surface area contributed by atoms with Crippen LogP contribution in [0.4, 0.5) is 0 Å². The minimum absolute atomic E-state index is 0.179. The quantitative estimate of drug-likeness (QED) is 0.0447. The van der Waals surface area contributed by atoms with E-state index >= 15 is 0 Å². The molecule has 380 valence electrons. The van der Waals surface area contributed by atoms with Gasteiger partial charge in [-0.05, 0) is 171 Å². The van der Waals surface area contributed by atoms with Crippen LogP contribution in [0.15, 0.2) is 147 Å². The van der Waals surface area contributed by atoms with E-state index < -0.39 is 0 Å². The number of hydrogen-bond donors (Lipinski definition) is 0. The summed E-state index contributed by atoms with van der Waals surface area (Å²) in [5.41, 5.74) is 1.50. The first-order valence-corrected chi connectivity index (χ1v) is 27.8. The summed E-state index contributed by atoms with van der Waals surface area (Å²) >= 11 is 0. The Balaban J connectivity index is 9.10. The minimum atomic E-state index is -0.179. The van der Waals surface area contributed by atoms with Crippen LogP contribution >= 0.6 is 0 Å². The second-order valence-corrected chi connectivity index (χ2v) is 18.7. The van der Waals surface area contributed by atoms with Gasteiger partial charge in [-0.15, -0.1) is 26.3 Å². The Hall–Kier alpha value is -3.20. The summed E-state index contributed by atoms with van der Waals surface area (Å²) in [6, 6.07) is 0. The van der Waals surface area contributed by atoms with Crippen molar-refractivity contribution in [3.05, 3.63) is 147 Å². The van der Waals surface area contributed by atoms with Crippen LogP contribution in [0.25, 0.3) is 0 Å². The maximum Gasteiger partial charge on any atom is 0.0644 e. The Morgan fingerprint density at radius 3 is 1.54 bits per heavy atom. The number of ether oxygens (including phenoxy) is 2. The summed E-state index contributed by atoms with van der Waals surface area (Å²) in [7, 11) is 0. The van der Waals surface area contributed by atoms with Gasteiger partial charge >= 0.3 is 0 Å². The fourth-order valence-electron chi connectivity index (χ4n) is 10.1. The first-order valence-electron chi connectivity index (χ1n) is 27.8. The molecule has 0 spiro atoms. The van der Waals surface area contributed by atoms with E-state index in [1.54, 1.807) is 5.57 Å². The van der Waals surface area contributed by atoms with Crippen molar-refractivity contribution in [2.24, 2.45) is 35.0 Å². The molecule has 0 saturated carbocycles. The van der Waals surface area contributed by atoms with E-state index in [9.17, 15) is 0 Å². The van der Waals surface area contributed by atoms with E-state index in [0.717, 1.165) is 148 Å². The fraction of sp³-hybridized carbons (Fsp3) is 0.631. The Bertz CT molecular complexity index is 1410. The molecule has 0 aromatic heterocycles. The van der Waals surface area contributed by atoms with Crippen molar-refractivity contribution in [1.29, 1.82) is 0 Å². The van der Waals surface area contributed by atoms with Gasteiger partial charge < -0.3 is 9.47 Å². The standard InChI is InChI=1S/C65H108O2/c1-11-21-29-37-48-59(46-26-16-6)64(60(47-36-25-15-5)49-38-30-22-12-2)65(61(45-19-9)51-39-31-23-13-3,62(50-27-17-7)52-40-32-24-14-4)63(54-42-44-58-66-55-20-10)53-41-34-33-35-43-57-67-56-28-18-8/h15-16,18-20,27,29-34,37-40,45,50,54,59-62,64H,5-6,8,10-14,17,21-26,28,35-36,41-44,46-49,51-53,55-58H2,1-4,7,9H3/b34-33+,37-29+,38-30+,39-31+,40-32+,45-19+,50-27+,63-54+. The maximum absolute atomic E-state index is 6.06. The number of unbranched alkanes of at least 4 members (excludes halogenated alkanes) is 7. The lowest BCUT2D eigenvalue weighted by Gasteiger charge is -2.57. The average molecular weight is 922 g/mol. The molecule has 0 aliphatic carbocycles. The van der Waals surface area contributed by atoms with Crippen LogP contribution in [0.5, 0.6) is 0 Å². The number of rotatable bonds is 48. The van der Waals surface area contributed by atoms with Crippen LogP contribution in [-0.4, -0.2) is 26.4 Å². The van der Waals surface area contributed by atoms with Gasteiger partial charge in [0.2, 0.25) is 0 Å². The first-order chi connectivity index (χ1) is 33.0. The van der Waals surface area contributed by atoms with Gasteiger partial charge in [0.1, 0.15) is 0 Å². The molecule has 2 nitrogen and oxygen atoms in total. The Kier molecular flexibility index (Phi) is 45.6. The molecule has 0 aliphatic rings. The average Bonchev–Trinajstić information content (AvgIpc) is 3.33. The smallest absolute Gasteiger partial charge is 0.0644 e. The van der Waals surface area contributed by atoms with Crippen LogP contribution < -0.4 is 0 Å². The van der Waals surface area contributed by atoms with Crippen molar-refractivity contribution in [2.45, 2.75) is 202 Å². The summed E-state index contributed by atoms with van der Waals surface area (Å²) in [5, 5.41) is 0. The normalized spacial score (nSPS) is 16.0. The minimum Gasteiger partial charge on any atom is -0.381 e. The number of allylic oxidation sites excluding steroid dienone is 18. The summed E-state index contributed by atoms with van der Waals surface area (Å²) in [6.07, 6.45) is 73.5. The van der Waals surface area contributed by atoms with Crippen molar-refractivity contribution in [3.8, 4) is 0 Å². The second-order valence-electron chi connectivity index (χ2n) is 18.7. The van der Waals surface area contributed by atoms with Crippen molar-refractivity contribution >= 4 is 0 Å². The first kappa shape index (κ1) is 63.8. The highest BCUT2D eigenvalue weighted by atomic mass is 16.5. The molecule has 6 unspecified atom stereocenters. The van der Waals surface area contributed by atoms with Crippen LogP contribution in [0.1, 0.15) is 202 Å². The van der Waals surface area contributed by atoms with Gasteiger partial charge in [0.05, 0.1) is 6.61 Å². The molecule has 0 N–H and O–H groups in total. The lowest BCUT2D eigenvalue weighted by atomic mass is 9.47. The SMILES string of the molecule is C=CCCCC(C/C=C/CCC)C(C(C/C=C/CCC)CCC=C)C(/C(=C/CCCOCC=C)CC/C=C/CCCOCCC=C)(C(/C=C/C)C/C=C/CCC)C(/C=C/CC)C/C=C/CCC. The molecule has 0 aliphatic heterocycles. The van der Waals surface area contributed by atoms with E-state index in [2.05, 4.69) is 171 Å². The highest BCUT2D eigenvalue weighted by Crippen LogP contribution is 2.61. The fourth-order valence-corrected chi connectivity index (χ4v) is 10.1. The molecule has 0 aromatic rings. The highest BCUT2D eigenvalue weighted by molar-refractivity contribution is 5.29. The predicted molar refractivity (Wildman–Crippen MR) is 304 cm³/mol. The molecule has 2 heteroatoms. The molecule has 67 heavy (non-hydrogen) atoms. The topological polar surface area (TPSA) is 18.5 Å². The summed E-state index contributed by atoms with van der Waals surface area (Å²) in [5.74, 6) is 1.97. The summed E-state index contributed by atoms with van der Waals surface area (Å²) in [4.78, 5) is 0. The van der Waals surface area contributed by atoms with Gasteiger partial charge in [-0.1, -0.05) is 181 Å². The Morgan fingerprint density at radius 1 is 0.463 bits per heavy atom. The molecular weight excluding hydrogens is 813 g/mol. The van der Waals surface area contributed by atoms with Crippen LogP contribution in [-0.2, 0) is 9.47 Å². The van der Waals surface area contributed by atoms with Crippen molar-refractivity contribution in [2.75, 3.05) is 26.4 Å². The van der Waals surface area contributed by atoms with E-state index in [4.69, 9.17) is 9.47 Å². The Labute approximate surface area is 418 Å². The molecule has 0 heterocycles. The van der Waals surface area contributed by atoms with E-state index in [0.29, 0.717) is 36.2 Å². The van der Waals surface area contributed by atoms with Crippen molar-refractivity contribution in [1.82, 2.24) is 0 Å². The molecular formula is C65H108O2. The lowest BCUT2D eigenvalue weighted by molar-refractivity contribution is -0.00478. The molecule has 0 rings (SSSR count). The van der Waals surface area contributed by atoms with Crippen LogP contribution in [0.2, 0.25) is 0 Å². The zero-order valence-corrected chi connectivity index (χ0v) is 45.0. The second kappa shape index (κ2) is 47.8. The zero-order chi connectivity index (χ0) is 49.3. The molecule has 0 fully saturated rings. The van der Waals surface area contributed by atoms with Crippen molar-refractivity contribution < 1.29 is 9.47 Å². The third-order valence-corrected chi connectivity index (χ3v) is 13.2. The van der Waals surface area contributed by atoms with E-state index in [1.807, 2.05) is 12.2 Å². The molecule has 0 bridgehead atoms. The largest absolute Gasteiger partial charge is 0.381 e. The molecule has 6 atom stereocenters.